The van der Waals surface area contributed by atoms with E-state index in [-0.39, 0.29) is 12.3 Å². The molecule has 1 aromatic rings. The number of nitrogen functional groups attached to an aromatic ring is 1. The summed E-state index contributed by atoms with van der Waals surface area (Å²) in [7, 11) is 0. The molecule has 1 unspecified atom stereocenters. The second kappa shape index (κ2) is 5.02. The molecule has 0 spiro atoms. The van der Waals surface area contributed by atoms with Crippen LogP contribution >= 0.6 is 0 Å². The van der Waals surface area contributed by atoms with Gasteiger partial charge in [-0.2, -0.15) is 10.5 Å². The highest BCUT2D eigenvalue weighted by Crippen LogP contribution is 2.21. The molecule has 0 saturated heterocycles. The zero-order valence-electron chi connectivity index (χ0n) is 8.70. The van der Waals surface area contributed by atoms with Crippen LogP contribution in [0.5, 0.6) is 0 Å². The van der Waals surface area contributed by atoms with Gasteiger partial charge in [0.15, 0.2) is 0 Å². The lowest BCUT2D eigenvalue weighted by molar-refractivity contribution is 0.679. The van der Waals surface area contributed by atoms with Crippen molar-refractivity contribution in [1.29, 1.82) is 10.5 Å². The first-order valence-electron chi connectivity index (χ1n) is 4.79. The molecular formula is C12H13N3. The Labute approximate surface area is 89.7 Å². The van der Waals surface area contributed by atoms with Crippen LogP contribution in [-0.4, -0.2) is 0 Å². The SMILES string of the molecule is Cc1cccc(N)c1CC(C#N)CC#N. The maximum Gasteiger partial charge on any atom is 0.0670 e. The van der Waals surface area contributed by atoms with E-state index >= 15 is 0 Å². The van der Waals surface area contributed by atoms with Crippen molar-refractivity contribution in [2.75, 3.05) is 5.73 Å². The third kappa shape index (κ3) is 2.72. The summed E-state index contributed by atoms with van der Waals surface area (Å²) in [5.41, 5.74) is 8.59. The molecule has 1 rings (SSSR count). The molecule has 0 aliphatic rings. The van der Waals surface area contributed by atoms with Crippen molar-refractivity contribution < 1.29 is 0 Å². The second-order valence-electron chi connectivity index (χ2n) is 3.54. The second-order valence-corrected chi connectivity index (χ2v) is 3.54. The average Bonchev–Trinajstić information content (AvgIpc) is 2.22. The van der Waals surface area contributed by atoms with Crippen molar-refractivity contribution in [3.05, 3.63) is 29.3 Å². The van der Waals surface area contributed by atoms with E-state index in [0.717, 1.165) is 11.1 Å². The van der Waals surface area contributed by atoms with Crippen LogP contribution < -0.4 is 5.73 Å². The highest BCUT2D eigenvalue weighted by Gasteiger charge is 2.11. The number of nitrogens with zero attached hydrogens (tertiary/aromatic N) is 2. The molecule has 0 radical (unpaired) electrons. The third-order valence-electron chi connectivity index (χ3n) is 2.42. The molecule has 76 valence electrons. The van der Waals surface area contributed by atoms with Crippen molar-refractivity contribution in [3.8, 4) is 12.1 Å². The van der Waals surface area contributed by atoms with Crippen molar-refractivity contribution in [3.63, 3.8) is 0 Å². The molecule has 0 heterocycles. The van der Waals surface area contributed by atoms with Crippen LogP contribution in [0.15, 0.2) is 18.2 Å². The molecule has 0 saturated carbocycles. The Morgan fingerprint density at radius 3 is 2.67 bits per heavy atom. The Kier molecular flexibility index (Phi) is 3.71. The number of nitrogens with two attached hydrogens (primary N) is 1. The maximum absolute atomic E-state index is 8.86. The van der Waals surface area contributed by atoms with Gasteiger partial charge in [-0.1, -0.05) is 12.1 Å². The van der Waals surface area contributed by atoms with Crippen molar-refractivity contribution in [1.82, 2.24) is 0 Å². The quantitative estimate of drug-likeness (QED) is 0.758. The molecule has 0 bridgehead atoms. The van der Waals surface area contributed by atoms with Gasteiger partial charge < -0.3 is 5.73 Å². The molecule has 2 N–H and O–H groups in total. The van der Waals surface area contributed by atoms with E-state index in [0.29, 0.717) is 12.1 Å². The molecule has 0 fully saturated rings. The van der Waals surface area contributed by atoms with E-state index in [1.165, 1.54) is 0 Å². The predicted molar refractivity (Wildman–Crippen MR) is 58.6 cm³/mol. The number of hydrogen-bond donors (Lipinski definition) is 1. The summed E-state index contributed by atoms with van der Waals surface area (Å²) in [5, 5.41) is 17.4. The van der Waals surface area contributed by atoms with Crippen LogP contribution in [0, 0.1) is 35.5 Å². The Bertz CT molecular complexity index is 403. The highest BCUT2D eigenvalue weighted by molar-refractivity contribution is 5.50. The lowest BCUT2D eigenvalue weighted by Crippen LogP contribution is -2.05. The zero-order chi connectivity index (χ0) is 11.3. The van der Waals surface area contributed by atoms with Gasteiger partial charge in [0, 0.05) is 5.69 Å². The first-order chi connectivity index (χ1) is 7.19. The molecule has 3 heteroatoms. The minimum absolute atomic E-state index is 0.254. The van der Waals surface area contributed by atoms with E-state index in [1.54, 1.807) is 0 Å². The van der Waals surface area contributed by atoms with Gasteiger partial charge in [0.2, 0.25) is 0 Å². The highest BCUT2D eigenvalue weighted by atomic mass is 14.6. The van der Waals surface area contributed by atoms with Crippen molar-refractivity contribution >= 4 is 5.69 Å². The fourth-order valence-electron chi connectivity index (χ4n) is 1.52. The Hall–Kier alpha value is -2.00. The van der Waals surface area contributed by atoms with Gasteiger partial charge in [-0.15, -0.1) is 0 Å². The molecule has 3 nitrogen and oxygen atoms in total. The summed E-state index contributed by atoms with van der Waals surface area (Å²) in [6.07, 6.45) is 0.812. The van der Waals surface area contributed by atoms with Crippen LogP contribution in [0.1, 0.15) is 17.5 Å². The number of benzene rings is 1. The number of rotatable bonds is 3. The minimum Gasteiger partial charge on any atom is -0.398 e. The lowest BCUT2D eigenvalue weighted by Gasteiger charge is -2.10. The Morgan fingerprint density at radius 2 is 2.13 bits per heavy atom. The summed E-state index contributed by atoms with van der Waals surface area (Å²) >= 11 is 0. The van der Waals surface area contributed by atoms with Crippen molar-refractivity contribution in [2.45, 2.75) is 19.8 Å². The summed E-state index contributed by atoms with van der Waals surface area (Å²) in [6.45, 7) is 1.96. The van der Waals surface area contributed by atoms with Crippen LogP contribution in [-0.2, 0) is 6.42 Å². The molecule has 15 heavy (non-hydrogen) atoms. The van der Waals surface area contributed by atoms with Gasteiger partial charge in [-0.05, 0) is 30.5 Å². The normalized spacial score (nSPS) is 11.4. The lowest BCUT2D eigenvalue weighted by atomic mass is 9.94. The standard InChI is InChI=1S/C12H13N3/c1-9-3-2-4-12(15)11(9)7-10(8-14)5-6-13/h2-4,10H,5,7,15H2,1H3. The fourth-order valence-corrected chi connectivity index (χ4v) is 1.52. The molecule has 0 aromatic heterocycles. The molecular weight excluding hydrogens is 186 g/mol. The van der Waals surface area contributed by atoms with Crippen LogP contribution in [0.2, 0.25) is 0 Å². The summed E-state index contributed by atoms with van der Waals surface area (Å²) in [6, 6.07) is 9.82. The van der Waals surface area contributed by atoms with Gasteiger partial charge in [0.1, 0.15) is 0 Å². The van der Waals surface area contributed by atoms with Crippen LogP contribution in [0.4, 0.5) is 5.69 Å². The van der Waals surface area contributed by atoms with Crippen LogP contribution in [0.3, 0.4) is 0 Å². The number of anilines is 1. The predicted octanol–water partition coefficient (Wildman–Crippen LogP) is 2.17. The van der Waals surface area contributed by atoms with Crippen LogP contribution in [0.25, 0.3) is 0 Å². The summed E-state index contributed by atoms with van der Waals surface area (Å²) in [5.74, 6) is -0.265. The number of aryl methyl sites for hydroxylation is 1. The molecule has 1 atom stereocenters. The summed E-state index contributed by atoms with van der Waals surface area (Å²) in [4.78, 5) is 0. The number of hydrogen-bond acceptors (Lipinski definition) is 3. The smallest absolute Gasteiger partial charge is 0.0670 e. The Balaban J connectivity index is 2.90. The third-order valence-corrected chi connectivity index (χ3v) is 2.42. The topological polar surface area (TPSA) is 73.6 Å². The van der Waals surface area contributed by atoms with Gasteiger partial charge >= 0.3 is 0 Å². The summed E-state index contributed by atoms with van der Waals surface area (Å²) < 4.78 is 0. The van der Waals surface area contributed by atoms with Gasteiger partial charge in [0.05, 0.1) is 24.5 Å². The van der Waals surface area contributed by atoms with Gasteiger partial charge in [-0.25, -0.2) is 0 Å². The van der Waals surface area contributed by atoms with E-state index in [2.05, 4.69) is 6.07 Å². The van der Waals surface area contributed by atoms with Gasteiger partial charge in [0.25, 0.3) is 0 Å². The number of nitriles is 2. The molecule has 0 aliphatic carbocycles. The first-order valence-corrected chi connectivity index (χ1v) is 4.79. The molecule has 1 aromatic carbocycles. The van der Waals surface area contributed by atoms with E-state index in [9.17, 15) is 0 Å². The monoisotopic (exact) mass is 199 g/mol. The first kappa shape index (κ1) is 11.1. The Morgan fingerprint density at radius 1 is 1.40 bits per heavy atom. The van der Waals surface area contributed by atoms with Crippen molar-refractivity contribution in [2.24, 2.45) is 5.92 Å². The molecule has 0 amide bonds. The van der Waals surface area contributed by atoms with E-state index in [1.807, 2.05) is 31.2 Å². The van der Waals surface area contributed by atoms with Gasteiger partial charge in [-0.3, -0.25) is 0 Å². The maximum atomic E-state index is 8.86. The van der Waals surface area contributed by atoms with E-state index < -0.39 is 0 Å². The fraction of sp³-hybridized carbons (Fsp3) is 0.333. The van der Waals surface area contributed by atoms with E-state index in [4.69, 9.17) is 16.3 Å². The zero-order valence-corrected chi connectivity index (χ0v) is 8.70. The minimum atomic E-state index is -0.265. The average molecular weight is 199 g/mol. The largest absolute Gasteiger partial charge is 0.398 e. The molecule has 0 aliphatic heterocycles.